The summed E-state index contributed by atoms with van der Waals surface area (Å²) in [6, 6.07) is 0.859. The van der Waals surface area contributed by atoms with Crippen LogP contribution in [0.25, 0.3) is 0 Å². The molecule has 27 heavy (non-hydrogen) atoms. The SMILES string of the molecule is CCNC(=NCCCC(=O)NC1CC1)N1CCC(C)C(n2ccnc2)C1.I. The number of halogens is 1. The van der Waals surface area contributed by atoms with Crippen LogP contribution in [0.5, 0.6) is 0 Å². The van der Waals surface area contributed by atoms with Crippen molar-refractivity contribution in [2.75, 3.05) is 26.2 Å². The molecule has 1 amide bonds. The quantitative estimate of drug-likeness (QED) is 0.268. The average molecular weight is 488 g/mol. The normalized spacial score (nSPS) is 22.9. The van der Waals surface area contributed by atoms with Crippen molar-refractivity contribution in [1.29, 1.82) is 0 Å². The first-order chi connectivity index (χ1) is 12.7. The summed E-state index contributed by atoms with van der Waals surface area (Å²) in [4.78, 5) is 23.1. The van der Waals surface area contributed by atoms with Crippen LogP contribution in [0.4, 0.5) is 0 Å². The first kappa shape index (κ1) is 22.0. The lowest BCUT2D eigenvalue weighted by Crippen LogP contribution is -2.49. The number of hydrogen-bond donors (Lipinski definition) is 2. The molecule has 3 rings (SSSR count). The minimum absolute atomic E-state index is 0. The van der Waals surface area contributed by atoms with Gasteiger partial charge in [0.15, 0.2) is 5.96 Å². The minimum atomic E-state index is 0. The summed E-state index contributed by atoms with van der Waals surface area (Å²) >= 11 is 0. The summed E-state index contributed by atoms with van der Waals surface area (Å²) in [5.74, 6) is 1.75. The number of hydrogen-bond acceptors (Lipinski definition) is 3. The molecule has 152 valence electrons. The van der Waals surface area contributed by atoms with Crippen molar-refractivity contribution < 1.29 is 4.79 Å². The van der Waals surface area contributed by atoms with Gasteiger partial charge in [-0.25, -0.2) is 4.98 Å². The molecule has 2 aliphatic rings. The molecule has 7 nitrogen and oxygen atoms in total. The van der Waals surface area contributed by atoms with E-state index in [0.717, 1.165) is 51.3 Å². The molecule has 0 radical (unpaired) electrons. The van der Waals surface area contributed by atoms with Crippen molar-refractivity contribution in [3.8, 4) is 0 Å². The minimum Gasteiger partial charge on any atom is -0.357 e. The number of carbonyl (C=O) groups excluding carboxylic acids is 1. The van der Waals surface area contributed by atoms with E-state index in [1.807, 2.05) is 18.7 Å². The lowest BCUT2D eigenvalue weighted by atomic mass is 9.93. The Balaban J connectivity index is 0.00000261. The van der Waals surface area contributed by atoms with Crippen LogP contribution in [0.1, 0.15) is 52.0 Å². The largest absolute Gasteiger partial charge is 0.357 e. The standard InChI is InChI=1S/C19H32N6O.HI/c1-3-21-19(22-9-4-5-18(26)23-16-6-7-16)24-11-8-15(2)17(13-24)25-12-10-20-14-25;/h10,12,14-17H,3-9,11,13H2,1-2H3,(H,21,22)(H,23,26);1H. The molecule has 1 aliphatic heterocycles. The first-order valence-electron chi connectivity index (χ1n) is 9.97. The third-order valence-corrected chi connectivity index (χ3v) is 5.23. The summed E-state index contributed by atoms with van der Waals surface area (Å²) in [5, 5.41) is 6.45. The van der Waals surface area contributed by atoms with Crippen LogP contribution in [-0.4, -0.2) is 58.5 Å². The Labute approximate surface area is 179 Å². The molecular formula is C19H33IN6O. The van der Waals surface area contributed by atoms with Gasteiger partial charge in [-0.15, -0.1) is 24.0 Å². The average Bonchev–Trinajstić information content (AvgIpc) is 3.27. The van der Waals surface area contributed by atoms with Gasteiger partial charge in [0.1, 0.15) is 0 Å². The molecule has 2 atom stereocenters. The van der Waals surface area contributed by atoms with Gasteiger partial charge in [0.05, 0.1) is 12.4 Å². The number of aliphatic imine (C=N–C) groups is 1. The van der Waals surface area contributed by atoms with Gasteiger partial charge in [-0.3, -0.25) is 9.79 Å². The van der Waals surface area contributed by atoms with E-state index in [1.165, 1.54) is 0 Å². The fraction of sp³-hybridized carbons (Fsp3) is 0.737. The second-order valence-electron chi connectivity index (χ2n) is 7.47. The summed E-state index contributed by atoms with van der Waals surface area (Å²) in [6.45, 7) is 7.89. The summed E-state index contributed by atoms with van der Waals surface area (Å²) in [6.07, 6.45) is 10.6. The highest BCUT2D eigenvalue weighted by atomic mass is 127. The monoisotopic (exact) mass is 488 g/mol. The maximum Gasteiger partial charge on any atom is 0.220 e. The molecule has 2 heterocycles. The Morgan fingerprint density at radius 1 is 1.33 bits per heavy atom. The third kappa shape index (κ3) is 6.65. The first-order valence-corrected chi connectivity index (χ1v) is 9.97. The van der Waals surface area contributed by atoms with Gasteiger partial charge in [-0.2, -0.15) is 0 Å². The van der Waals surface area contributed by atoms with Crippen LogP contribution >= 0.6 is 24.0 Å². The van der Waals surface area contributed by atoms with E-state index in [4.69, 9.17) is 4.99 Å². The molecule has 2 fully saturated rings. The number of amides is 1. The summed E-state index contributed by atoms with van der Waals surface area (Å²) < 4.78 is 2.21. The zero-order valence-corrected chi connectivity index (χ0v) is 18.8. The van der Waals surface area contributed by atoms with Crippen LogP contribution in [0.3, 0.4) is 0 Å². The second kappa shape index (κ2) is 10.9. The molecule has 1 aromatic heterocycles. The van der Waals surface area contributed by atoms with E-state index in [2.05, 4.69) is 38.9 Å². The maximum absolute atomic E-state index is 11.8. The molecule has 0 spiro atoms. The molecule has 0 aromatic carbocycles. The number of nitrogens with zero attached hydrogens (tertiary/aromatic N) is 4. The predicted octanol–water partition coefficient (Wildman–Crippen LogP) is 2.41. The number of aromatic nitrogens is 2. The van der Waals surface area contributed by atoms with Crippen molar-refractivity contribution >= 4 is 35.8 Å². The van der Waals surface area contributed by atoms with E-state index >= 15 is 0 Å². The zero-order chi connectivity index (χ0) is 18.4. The highest BCUT2D eigenvalue weighted by Crippen LogP contribution is 2.27. The molecule has 1 aliphatic carbocycles. The van der Waals surface area contributed by atoms with E-state index in [-0.39, 0.29) is 29.9 Å². The van der Waals surface area contributed by atoms with E-state index < -0.39 is 0 Å². The fourth-order valence-electron chi connectivity index (χ4n) is 3.47. The number of nitrogens with one attached hydrogen (secondary N) is 2. The Morgan fingerprint density at radius 2 is 2.15 bits per heavy atom. The van der Waals surface area contributed by atoms with Crippen LogP contribution < -0.4 is 10.6 Å². The topological polar surface area (TPSA) is 74.6 Å². The zero-order valence-electron chi connectivity index (χ0n) is 16.4. The van der Waals surface area contributed by atoms with E-state index in [9.17, 15) is 4.79 Å². The molecule has 2 N–H and O–H groups in total. The molecule has 2 unspecified atom stereocenters. The van der Waals surface area contributed by atoms with Gasteiger partial charge < -0.3 is 20.1 Å². The van der Waals surface area contributed by atoms with Gasteiger partial charge in [-0.1, -0.05) is 6.92 Å². The highest BCUT2D eigenvalue weighted by Gasteiger charge is 2.29. The lowest BCUT2D eigenvalue weighted by molar-refractivity contribution is -0.121. The third-order valence-electron chi connectivity index (χ3n) is 5.23. The highest BCUT2D eigenvalue weighted by molar-refractivity contribution is 14.0. The Bertz CT molecular complexity index is 601. The second-order valence-corrected chi connectivity index (χ2v) is 7.47. The number of piperidine rings is 1. The number of guanidine groups is 1. The molecule has 8 heteroatoms. The molecule has 1 saturated carbocycles. The van der Waals surface area contributed by atoms with Crippen LogP contribution in [-0.2, 0) is 4.79 Å². The van der Waals surface area contributed by atoms with Crippen molar-refractivity contribution in [3.63, 3.8) is 0 Å². The molecule has 0 bridgehead atoms. The summed E-state index contributed by atoms with van der Waals surface area (Å²) in [7, 11) is 0. The van der Waals surface area contributed by atoms with Crippen molar-refractivity contribution in [2.45, 2.75) is 58.0 Å². The van der Waals surface area contributed by atoms with Gasteiger partial charge >= 0.3 is 0 Å². The molecular weight excluding hydrogens is 455 g/mol. The number of likely N-dealkylation sites (tertiary alicyclic amines) is 1. The van der Waals surface area contributed by atoms with Crippen LogP contribution in [0.15, 0.2) is 23.7 Å². The molecule has 1 aromatic rings. The van der Waals surface area contributed by atoms with Crippen LogP contribution in [0.2, 0.25) is 0 Å². The van der Waals surface area contributed by atoms with Crippen molar-refractivity contribution in [1.82, 2.24) is 25.1 Å². The van der Waals surface area contributed by atoms with Gasteiger partial charge in [-0.05, 0) is 38.5 Å². The smallest absolute Gasteiger partial charge is 0.220 e. The van der Waals surface area contributed by atoms with Gasteiger partial charge in [0.25, 0.3) is 0 Å². The number of rotatable bonds is 7. The summed E-state index contributed by atoms with van der Waals surface area (Å²) in [5.41, 5.74) is 0. The van der Waals surface area contributed by atoms with Crippen molar-refractivity contribution in [3.05, 3.63) is 18.7 Å². The van der Waals surface area contributed by atoms with Crippen LogP contribution in [0, 0.1) is 5.92 Å². The lowest BCUT2D eigenvalue weighted by Gasteiger charge is -2.39. The Hall–Kier alpha value is -1.32. The van der Waals surface area contributed by atoms with E-state index in [1.54, 1.807) is 0 Å². The Kier molecular flexibility index (Phi) is 8.85. The molecule has 1 saturated heterocycles. The number of carbonyl (C=O) groups is 1. The predicted molar refractivity (Wildman–Crippen MR) is 118 cm³/mol. The maximum atomic E-state index is 11.8. The van der Waals surface area contributed by atoms with E-state index in [0.29, 0.717) is 31.0 Å². The van der Waals surface area contributed by atoms with Gasteiger partial charge in [0.2, 0.25) is 5.91 Å². The van der Waals surface area contributed by atoms with Crippen molar-refractivity contribution in [2.24, 2.45) is 10.9 Å². The fourth-order valence-corrected chi connectivity index (χ4v) is 3.47. The number of imidazole rings is 1. The Morgan fingerprint density at radius 3 is 2.81 bits per heavy atom. The van der Waals surface area contributed by atoms with Gasteiger partial charge in [0, 0.05) is 51.0 Å².